The minimum absolute atomic E-state index is 0.251. The average molecular weight is 503 g/mol. The Morgan fingerprint density at radius 2 is 1.86 bits per heavy atom. The lowest BCUT2D eigenvalue weighted by atomic mass is 10.0. The number of ether oxygens (including phenoxy) is 1. The molecule has 0 aromatic heterocycles. The van der Waals surface area contributed by atoms with Gasteiger partial charge in [-0.1, -0.05) is 37.3 Å². The lowest BCUT2D eigenvalue weighted by molar-refractivity contribution is -0.275. The molecule has 1 aliphatic carbocycles. The summed E-state index contributed by atoms with van der Waals surface area (Å²) in [4.78, 5) is 4.68. The number of halogens is 4. The molecule has 0 spiro atoms. The summed E-state index contributed by atoms with van der Waals surface area (Å²) >= 11 is 0. The lowest BCUT2D eigenvalue weighted by Crippen LogP contribution is -2.35. The van der Waals surface area contributed by atoms with Gasteiger partial charge in [-0.3, -0.25) is 0 Å². The Morgan fingerprint density at radius 3 is 2.58 bits per heavy atom. The molecule has 1 atom stereocenters. The highest BCUT2D eigenvalue weighted by Gasteiger charge is 2.34. The molecule has 1 heterocycles. The van der Waals surface area contributed by atoms with Gasteiger partial charge in [-0.05, 0) is 56.9 Å². The molecule has 4 rings (SSSR count). The van der Waals surface area contributed by atoms with Crippen LogP contribution in [0.15, 0.2) is 78.0 Å². The number of amidine groups is 1. The third-order valence-electron chi connectivity index (χ3n) is 5.62. The summed E-state index contributed by atoms with van der Waals surface area (Å²) in [6.45, 7) is 9.24. The Balaban J connectivity index is 0.00000115. The predicted octanol–water partition coefficient (Wildman–Crippen LogP) is 6.98. The summed E-state index contributed by atoms with van der Waals surface area (Å²) in [5.41, 5.74) is 9.19. The molecule has 9 heteroatoms. The van der Waals surface area contributed by atoms with E-state index in [1.165, 1.54) is 30.3 Å². The van der Waals surface area contributed by atoms with E-state index in [0.29, 0.717) is 22.8 Å². The number of benzene rings is 2. The van der Waals surface area contributed by atoms with Gasteiger partial charge in [-0.15, -0.1) is 19.8 Å². The van der Waals surface area contributed by atoms with Gasteiger partial charge in [-0.2, -0.15) is 0 Å². The molecule has 0 radical (unpaired) electrons. The number of alkyl halides is 3. The number of hydrogen-bond donors (Lipinski definition) is 3. The molecule has 0 amide bonds. The summed E-state index contributed by atoms with van der Waals surface area (Å²) in [7, 11) is 0. The second-order valence-electron chi connectivity index (χ2n) is 8.37. The van der Waals surface area contributed by atoms with Gasteiger partial charge in [0.05, 0.1) is 0 Å². The molecular formula is C27H30F4N4O. The molecule has 2 aromatic rings. The second-order valence-corrected chi connectivity index (χ2v) is 8.37. The van der Waals surface area contributed by atoms with Crippen LogP contribution in [0.1, 0.15) is 56.3 Å². The molecule has 1 unspecified atom stereocenters. The number of para-hydroxylation sites is 1. The Bertz CT molecular complexity index is 1170. The van der Waals surface area contributed by atoms with E-state index in [1.54, 1.807) is 18.2 Å². The Kier molecular flexibility index (Phi) is 8.79. The van der Waals surface area contributed by atoms with Crippen LogP contribution in [-0.2, 0) is 0 Å². The smallest absolute Gasteiger partial charge is 0.405 e. The van der Waals surface area contributed by atoms with Gasteiger partial charge >= 0.3 is 6.36 Å². The van der Waals surface area contributed by atoms with E-state index in [2.05, 4.69) is 33.5 Å². The van der Waals surface area contributed by atoms with Crippen molar-refractivity contribution in [2.75, 3.05) is 5.73 Å². The monoisotopic (exact) mass is 502 g/mol. The normalized spacial score (nSPS) is 17.4. The van der Waals surface area contributed by atoms with Crippen molar-refractivity contribution in [1.82, 2.24) is 10.6 Å². The zero-order valence-electron chi connectivity index (χ0n) is 20.1. The van der Waals surface area contributed by atoms with Gasteiger partial charge in [0.2, 0.25) is 0 Å². The number of rotatable bonds is 4. The molecule has 2 aromatic carbocycles. The van der Waals surface area contributed by atoms with E-state index in [4.69, 9.17) is 5.73 Å². The molecule has 1 aliphatic heterocycles. The van der Waals surface area contributed by atoms with Gasteiger partial charge in [0.1, 0.15) is 23.6 Å². The van der Waals surface area contributed by atoms with Gasteiger partial charge < -0.3 is 21.1 Å². The number of hydrogen-bond acceptors (Lipinski definition) is 5. The SMILES string of the molecule is C=C(NC1=NC(c2ccccc2OC(F)(F)F)NC2=C1CCCCC2)c1cc(F)ccc1N.C=CC. The molecule has 192 valence electrons. The van der Waals surface area contributed by atoms with E-state index in [0.717, 1.165) is 43.4 Å². The number of nitrogens with one attached hydrogen (secondary N) is 2. The first-order chi connectivity index (χ1) is 17.1. The van der Waals surface area contributed by atoms with Crippen LogP contribution in [0.3, 0.4) is 0 Å². The van der Waals surface area contributed by atoms with Crippen molar-refractivity contribution in [2.24, 2.45) is 4.99 Å². The summed E-state index contributed by atoms with van der Waals surface area (Å²) in [6, 6.07) is 9.89. The van der Waals surface area contributed by atoms with Crippen molar-refractivity contribution < 1.29 is 22.3 Å². The Hall–Kier alpha value is -3.75. The third-order valence-corrected chi connectivity index (χ3v) is 5.62. The summed E-state index contributed by atoms with van der Waals surface area (Å²) in [5, 5.41) is 6.44. The number of nitrogens with two attached hydrogens (primary N) is 1. The van der Waals surface area contributed by atoms with Crippen molar-refractivity contribution in [3.05, 3.63) is 89.9 Å². The highest BCUT2D eigenvalue weighted by atomic mass is 19.4. The van der Waals surface area contributed by atoms with Gasteiger partial charge in [-0.25, -0.2) is 9.38 Å². The maximum Gasteiger partial charge on any atom is 0.573 e. The van der Waals surface area contributed by atoms with E-state index in [1.807, 2.05) is 6.92 Å². The predicted molar refractivity (Wildman–Crippen MR) is 135 cm³/mol. The Labute approximate surface area is 208 Å². The second kappa shape index (κ2) is 11.8. The lowest BCUT2D eigenvalue weighted by Gasteiger charge is -2.30. The van der Waals surface area contributed by atoms with E-state index < -0.39 is 18.3 Å². The number of aliphatic imine (C=N–C) groups is 1. The zero-order chi connectivity index (χ0) is 26.3. The van der Waals surface area contributed by atoms with Crippen molar-refractivity contribution in [2.45, 2.75) is 51.6 Å². The summed E-state index contributed by atoms with van der Waals surface area (Å²) < 4.78 is 56.9. The highest BCUT2D eigenvalue weighted by Crippen LogP contribution is 2.36. The fourth-order valence-electron chi connectivity index (χ4n) is 4.09. The topological polar surface area (TPSA) is 71.7 Å². The van der Waals surface area contributed by atoms with E-state index >= 15 is 0 Å². The molecule has 2 aliphatic rings. The van der Waals surface area contributed by atoms with E-state index in [9.17, 15) is 17.6 Å². The molecule has 0 saturated heterocycles. The molecule has 36 heavy (non-hydrogen) atoms. The largest absolute Gasteiger partial charge is 0.573 e. The van der Waals surface area contributed by atoms with Crippen LogP contribution in [-0.4, -0.2) is 12.2 Å². The summed E-state index contributed by atoms with van der Waals surface area (Å²) in [6.07, 6.45) is 0.527. The van der Waals surface area contributed by atoms with Gasteiger partial charge in [0.15, 0.2) is 0 Å². The van der Waals surface area contributed by atoms with Crippen LogP contribution in [0.4, 0.5) is 23.2 Å². The van der Waals surface area contributed by atoms with Crippen LogP contribution in [0.2, 0.25) is 0 Å². The molecular weight excluding hydrogens is 472 g/mol. The van der Waals surface area contributed by atoms with Gasteiger partial charge in [0, 0.05) is 33.8 Å². The fourth-order valence-corrected chi connectivity index (χ4v) is 4.09. The van der Waals surface area contributed by atoms with Crippen LogP contribution >= 0.6 is 0 Å². The van der Waals surface area contributed by atoms with Crippen LogP contribution in [0.25, 0.3) is 5.70 Å². The van der Waals surface area contributed by atoms with Crippen molar-refractivity contribution in [1.29, 1.82) is 0 Å². The molecule has 0 saturated carbocycles. The van der Waals surface area contributed by atoms with E-state index in [-0.39, 0.29) is 11.3 Å². The van der Waals surface area contributed by atoms with Gasteiger partial charge in [0.25, 0.3) is 0 Å². The average Bonchev–Trinajstić information content (AvgIpc) is 3.06. The minimum Gasteiger partial charge on any atom is -0.405 e. The first kappa shape index (κ1) is 26.8. The molecule has 4 N–H and O–H groups in total. The molecule has 5 nitrogen and oxygen atoms in total. The van der Waals surface area contributed by atoms with Crippen molar-refractivity contribution in [3.8, 4) is 5.75 Å². The first-order valence-corrected chi connectivity index (χ1v) is 11.6. The Morgan fingerprint density at radius 1 is 1.17 bits per heavy atom. The number of allylic oxidation sites excluding steroid dienone is 2. The minimum atomic E-state index is -4.83. The maximum absolute atomic E-state index is 13.8. The third kappa shape index (κ3) is 6.90. The zero-order valence-corrected chi connectivity index (χ0v) is 20.1. The maximum atomic E-state index is 13.8. The first-order valence-electron chi connectivity index (χ1n) is 11.6. The van der Waals surface area contributed by atoms with Crippen molar-refractivity contribution in [3.63, 3.8) is 0 Å². The molecule has 0 fully saturated rings. The number of nitrogen functional groups attached to an aromatic ring is 1. The van der Waals surface area contributed by atoms with Crippen molar-refractivity contribution >= 4 is 17.2 Å². The molecule has 0 bridgehead atoms. The number of anilines is 1. The standard InChI is InChI=1S/C24H24F4N4O.C3H6/c1-14(18-13-15(25)11-12-19(18)29)30-22-16-7-3-2-4-9-20(16)31-23(32-22)17-8-5-6-10-21(17)33-24(26,27)28;1-3-2/h5-6,8,10-13,23,31H,1-4,7,9,29H2,(H,30,32);3H,1H2,2H3. The fraction of sp³-hybridized carbons (Fsp3) is 0.296. The summed E-state index contributed by atoms with van der Waals surface area (Å²) in [5.74, 6) is -0.303. The van der Waals surface area contributed by atoms with Crippen LogP contribution in [0.5, 0.6) is 5.75 Å². The van der Waals surface area contributed by atoms with Crippen LogP contribution < -0.4 is 21.1 Å². The number of nitrogens with zero attached hydrogens (tertiary/aromatic N) is 1. The van der Waals surface area contributed by atoms with Crippen LogP contribution in [0, 0.1) is 5.82 Å². The quantitative estimate of drug-likeness (QED) is 0.240. The highest BCUT2D eigenvalue weighted by molar-refractivity contribution is 6.04.